The third-order valence-corrected chi connectivity index (χ3v) is 4.88. The van der Waals surface area contributed by atoms with E-state index in [1.54, 1.807) is 6.20 Å². The summed E-state index contributed by atoms with van der Waals surface area (Å²) in [4.78, 5) is 38.9. The van der Waals surface area contributed by atoms with Gasteiger partial charge in [-0.15, -0.1) is 0 Å². The van der Waals surface area contributed by atoms with Crippen molar-refractivity contribution in [2.45, 2.75) is 60.0 Å². The van der Waals surface area contributed by atoms with Gasteiger partial charge in [-0.3, -0.25) is 14.5 Å². The van der Waals surface area contributed by atoms with Crippen molar-refractivity contribution in [3.63, 3.8) is 0 Å². The summed E-state index contributed by atoms with van der Waals surface area (Å²) in [5.41, 5.74) is 2.07. The van der Waals surface area contributed by atoms with Crippen molar-refractivity contribution in [1.29, 1.82) is 0 Å². The summed E-state index contributed by atoms with van der Waals surface area (Å²) in [5.74, 6) is 1.29. The Hall–Kier alpha value is -2.54. The van der Waals surface area contributed by atoms with Crippen LogP contribution in [0.4, 0.5) is 5.82 Å². The Morgan fingerprint density at radius 1 is 1.36 bits per heavy atom. The van der Waals surface area contributed by atoms with Crippen molar-refractivity contribution in [1.82, 2.24) is 19.9 Å². The van der Waals surface area contributed by atoms with Gasteiger partial charge in [0.1, 0.15) is 11.6 Å². The van der Waals surface area contributed by atoms with E-state index < -0.39 is 5.41 Å². The number of nitrogens with one attached hydrogen (secondary N) is 2. The quantitative estimate of drug-likeness (QED) is 0.828. The molecule has 0 bridgehead atoms. The van der Waals surface area contributed by atoms with Gasteiger partial charge >= 0.3 is 0 Å². The zero-order chi connectivity index (χ0) is 20.3. The van der Waals surface area contributed by atoms with E-state index in [1.807, 2.05) is 32.9 Å². The average molecular weight is 383 g/mol. The first-order chi connectivity index (χ1) is 13.3. The van der Waals surface area contributed by atoms with Crippen LogP contribution >= 0.6 is 0 Å². The highest BCUT2D eigenvalue weighted by Gasteiger charge is 2.24. The van der Waals surface area contributed by atoms with Crippen LogP contribution in [0.15, 0.2) is 23.1 Å². The summed E-state index contributed by atoms with van der Waals surface area (Å²) in [7, 11) is 0. The number of aromatic amines is 1. The second-order valence-corrected chi connectivity index (χ2v) is 8.36. The van der Waals surface area contributed by atoms with Crippen molar-refractivity contribution in [3.05, 3.63) is 51.3 Å². The van der Waals surface area contributed by atoms with E-state index in [0.717, 1.165) is 48.5 Å². The molecule has 0 saturated heterocycles. The Balaban J connectivity index is 1.76. The Kier molecular flexibility index (Phi) is 5.93. The third kappa shape index (κ3) is 4.65. The molecule has 7 nitrogen and oxygen atoms in total. The molecule has 0 spiro atoms. The van der Waals surface area contributed by atoms with E-state index in [9.17, 15) is 9.59 Å². The molecule has 0 radical (unpaired) electrons. The van der Waals surface area contributed by atoms with Gasteiger partial charge in [0.05, 0.1) is 11.3 Å². The highest BCUT2D eigenvalue weighted by atomic mass is 16.2. The largest absolute Gasteiger partial charge is 0.310 e. The maximum absolute atomic E-state index is 12.5. The lowest BCUT2D eigenvalue weighted by molar-refractivity contribution is -0.123. The van der Waals surface area contributed by atoms with Crippen LogP contribution in [-0.2, 0) is 30.7 Å². The molecule has 1 aliphatic rings. The van der Waals surface area contributed by atoms with Crippen molar-refractivity contribution < 1.29 is 4.79 Å². The number of anilines is 1. The normalized spacial score (nSPS) is 14.6. The Morgan fingerprint density at radius 2 is 2.14 bits per heavy atom. The van der Waals surface area contributed by atoms with Gasteiger partial charge in [-0.05, 0) is 12.5 Å². The molecule has 3 rings (SSSR count). The predicted octanol–water partition coefficient (Wildman–Crippen LogP) is 2.66. The first kappa shape index (κ1) is 20.2. The second-order valence-electron chi connectivity index (χ2n) is 8.36. The first-order valence-corrected chi connectivity index (χ1v) is 9.86. The van der Waals surface area contributed by atoms with Gasteiger partial charge in [0.15, 0.2) is 0 Å². The molecule has 0 atom stereocenters. The van der Waals surface area contributed by atoms with Crippen LogP contribution in [0.25, 0.3) is 0 Å². The number of pyridine rings is 1. The van der Waals surface area contributed by atoms with Crippen LogP contribution in [0.2, 0.25) is 0 Å². The Bertz CT molecular complexity index is 914. The van der Waals surface area contributed by atoms with Crippen LogP contribution < -0.4 is 10.9 Å². The second kappa shape index (κ2) is 8.22. The molecule has 0 aromatic carbocycles. The minimum atomic E-state index is -0.492. The zero-order valence-corrected chi connectivity index (χ0v) is 17.1. The van der Waals surface area contributed by atoms with E-state index in [1.165, 1.54) is 0 Å². The fourth-order valence-corrected chi connectivity index (χ4v) is 3.24. The van der Waals surface area contributed by atoms with Gasteiger partial charge in [0, 0.05) is 49.7 Å². The number of fused-ring (bicyclic) bond motifs is 1. The zero-order valence-electron chi connectivity index (χ0n) is 17.1. The topological polar surface area (TPSA) is 91.0 Å². The fourth-order valence-electron chi connectivity index (χ4n) is 3.24. The fraction of sp³-hybridized carbons (Fsp3) is 0.524. The summed E-state index contributed by atoms with van der Waals surface area (Å²) < 4.78 is 0. The van der Waals surface area contributed by atoms with Crippen molar-refractivity contribution in [3.8, 4) is 0 Å². The molecule has 0 saturated carbocycles. The first-order valence-electron chi connectivity index (χ1n) is 9.86. The molecule has 0 aliphatic carbocycles. The van der Waals surface area contributed by atoms with Gasteiger partial charge in [-0.1, -0.05) is 33.8 Å². The smallest absolute Gasteiger partial charge is 0.255 e. The number of aromatic nitrogens is 3. The molecule has 1 aliphatic heterocycles. The summed E-state index contributed by atoms with van der Waals surface area (Å²) in [6, 6.07) is 3.83. The lowest BCUT2D eigenvalue weighted by Crippen LogP contribution is -2.36. The van der Waals surface area contributed by atoms with Gasteiger partial charge in [0.25, 0.3) is 5.56 Å². The van der Waals surface area contributed by atoms with Crippen molar-refractivity contribution in [2.75, 3.05) is 11.9 Å². The van der Waals surface area contributed by atoms with Crippen LogP contribution in [0.3, 0.4) is 0 Å². The number of rotatable bonds is 5. The number of H-pyrrole nitrogens is 1. The third-order valence-electron chi connectivity index (χ3n) is 4.88. The van der Waals surface area contributed by atoms with E-state index in [2.05, 4.69) is 32.1 Å². The average Bonchev–Trinajstić information content (AvgIpc) is 2.63. The van der Waals surface area contributed by atoms with Crippen LogP contribution in [0.5, 0.6) is 0 Å². The SMILES string of the molecule is CCCc1nc2c(c(=O)[nH]1)CN(Cc1cccnc1NC(=O)C(C)(C)C)CC2. The Labute approximate surface area is 165 Å². The van der Waals surface area contributed by atoms with E-state index in [-0.39, 0.29) is 11.5 Å². The summed E-state index contributed by atoms with van der Waals surface area (Å²) >= 11 is 0. The Morgan fingerprint density at radius 3 is 2.86 bits per heavy atom. The molecule has 150 valence electrons. The molecule has 0 fully saturated rings. The van der Waals surface area contributed by atoms with Crippen molar-refractivity contribution in [2.24, 2.45) is 5.41 Å². The van der Waals surface area contributed by atoms with Crippen LogP contribution in [-0.4, -0.2) is 32.3 Å². The number of amides is 1. The highest BCUT2D eigenvalue weighted by molar-refractivity contribution is 5.94. The molecule has 0 unspecified atom stereocenters. The molecule has 28 heavy (non-hydrogen) atoms. The molecular weight excluding hydrogens is 354 g/mol. The summed E-state index contributed by atoms with van der Waals surface area (Å²) in [6.45, 7) is 9.67. The summed E-state index contributed by atoms with van der Waals surface area (Å²) in [6.07, 6.45) is 4.17. The van der Waals surface area contributed by atoms with Crippen LogP contribution in [0, 0.1) is 5.41 Å². The maximum Gasteiger partial charge on any atom is 0.255 e. The number of carbonyl (C=O) groups is 1. The number of hydrogen-bond acceptors (Lipinski definition) is 5. The molecule has 1 amide bonds. The van der Waals surface area contributed by atoms with Crippen molar-refractivity contribution >= 4 is 11.7 Å². The van der Waals surface area contributed by atoms with Crippen LogP contribution in [0.1, 0.15) is 56.8 Å². The number of hydrogen-bond donors (Lipinski definition) is 2. The maximum atomic E-state index is 12.5. The molecular formula is C21H29N5O2. The lowest BCUT2D eigenvalue weighted by Gasteiger charge is -2.28. The monoisotopic (exact) mass is 383 g/mol. The molecule has 3 heterocycles. The van der Waals surface area contributed by atoms with E-state index in [4.69, 9.17) is 0 Å². The number of carbonyl (C=O) groups excluding carboxylic acids is 1. The van der Waals surface area contributed by atoms with Gasteiger partial charge in [0.2, 0.25) is 5.91 Å². The van der Waals surface area contributed by atoms with Gasteiger partial charge < -0.3 is 10.3 Å². The minimum absolute atomic E-state index is 0.0365. The number of nitrogens with zero attached hydrogens (tertiary/aromatic N) is 3. The molecule has 2 aromatic heterocycles. The molecule has 2 aromatic rings. The number of aryl methyl sites for hydroxylation is 1. The van der Waals surface area contributed by atoms with Gasteiger partial charge in [-0.2, -0.15) is 0 Å². The van der Waals surface area contributed by atoms with E-state index >= 15 is 0 Å². The predicted molar refractivity (Wildman–Crippen MR) is 109 cm³/mol. The molecule has 7 heteroatoms. The lowest BCUT2D eigenvalue weighted by atomic mass is 9.95. The molecule has 2 N–H and O–H groups in total. The standard InChI is InChI=1S/C21H29N5O2/c1-5-7-17-23-16-9-11-26(13-15(16)19(27)24-17)12-14-8-6-10-22-18(14)25-20(28)21(2,3)4/h6,8,10H,5,7,9,11-13H2,1-4H3,(H,22,25,28)(H,23,24,27). The highest BCUT2D eigenvalue weighted by Crippen LogP contribution is 2.22. The van der Waals surface area contributed by atoms with Gasteiger partial charge in [-0.25, -0.2) is 9.97 Å². The minimum Gasteiger partial charge on any atom is -0.310 e. The summed E-state index contributed by atoms with van der Waals surface area (Å²) in [5, 5.41) is 2.94. The van der Waals surface area contributed by atoms with E-state index in [0.29, 0.717) is 18.9 Å².